The van der Waals surface area contributed by atoms with Crippen molar-refractivity contribution in [2.24, 2.45) is 0 Å². The Hall–Kier alpha value is -2.52. The van der Waals surface area contributed by atoms with Crippen molar-refractivity contribution in [2.45, 2.75) is 13.0 Å². The van der Waals surface area contributed by atoms with Gasteiger partial charge >= 0.3 is 0 Å². The molecule has 162 valence electrons. The molecule has 1 saturated heterocycles. The van der Waals surface area contributed by atoms with Crippen LogP contribution in [0.3, 0.4) is 0 Å². The largest absolute Gasteiger partial charge is 0.379 e. The minimum absolute atomic E-state index is 0.0233. The van der Waals surface area contributed by atoms with Crippen LogP contribution in [0.4, 0.5) is 0 Å². The zero-order valence-electron chi connectivity index (χ0n) is 17.0. The van der Waals surface area contributed by atoms with E-state index in [-0.39, 0.29) is 11.9 Å². The number of nitrogens with one attached hydrogen (secondary N) is 1. The summed E-state index contributed by atoms with van der Waals surface area (Å²) in [6.07, 6.45) is 1.48. The third-order valence-corrected chi connectivity index (χ3v) is 5.60. The molecule has 2 heterocycles. The van der Waals surface area contributed by atoms with Crippen molar-refractivity contribution in [3.63, 3.8) is 0 Å². The number of rotatable bonds is 6. The number of halogens is 2. The maximum Gasteiger partial charge on any atom is 0.251 e. The number of amides is 1. The predicted octanol–water partition coefficient (Wildman–Crippen LogP) is 3.09. The number of aromatic nitrogens is 4. The van der Waals surface area contributed by atoms with Gasteiger partial charge in [0.2, 0.25) is 0 Å². The Balaban J connectivity index is 1.61. The van der Waals surface area contributed by atoms with Crippen LogP contribution in [0.15, 0.2) is 42.7 Å². The van der Waals surface area contributed by atoms with E-state index in [0.717, 1.165) is 44.0 Å². The van der Waals surface area contributed by atoms with Gasteiger partial charge in [-0.3, -0.25) is 9.69 Å². The van der Waals surface area contributed by atoms with E-state index in [1.807, 2.05) is 19.1 Å². The van der Waals surface area contributed by atoms with Crippen LogP contribution in [0.25, 0.3) is 16.8 Å². The van der Waals surface area contributed by atoms with E-state index in [0.29, 0.717) is 21.3 Å². The molecule has 1 amide bonds. The van der Waals surface area contributed by atoms with Crippen molar-refractivity contribution in [3.05, 3.63) is 58.3 Å². The van der Waals surface area contributed by atoms with Crippen molar-refractivity contribution in [1.29, 1.82) is 0 Å². The Morgan fingerprint density at radius 3 is 2.71 bits per heavy atom. The molecule has 1 aliphatic heterocycles. The standard InChI is InChI=1S/C21H22Cl2N6O2/c1-14(12-28-4-6-31-7-5-28)25-21(30)16-8-15(19-3-2-17(22)11-20(19)23)9-18(10-16)29-13-24-26-27-29/h2-3,8-11,13-14H,4-7,12H2,1H3,(H,25,30)/t14-/m1/s1. The smallest absolute Gasteiger partial charge is 0.251 e. The van der Waals surface area contributed by atoms with Gasteiger partial charge < -0.3 is 10.1 Å². The molecule has 3 aromatic rings. The second kappa shape index (κ2) is 9.74. The summed E-state index contributed by atoms with van der Waals surface area (Å²) in [5, 5.41) is 15.4. The van der Waals surface area contributed by atoms with Gasteiger partial charge in [0, 0.05) is 46.8 Å². The highest BCUT2D eigenvalue weighted by Gasteiger charge is 2.18. The first kappa shape index (κ1) is 21.7. The van der Waals surface area contributed by atoms with Crippen LogP contribution >= 0.6 is 23.2 Å². The molecule has 1 fully saturated rings. The first-order valence-electron chi connectivity index (χ1n) is 9.94. The molecular weight excluding hydrogens is 439 g/mol. The molecule has 1 N–H and O–H groups in total. The topological polar surface area (TPSA) is 85.2 Å². The molecule has 0 radical (unpaired) electrons. The minimum Gasteiger partial charge on any atom is -0.379 e. The van der Waals surface area contributed by atoms with E-state index in [4.69, 9.17) is 27.9 Å². The maximum absolute atomic E-state index is 13.1. The lowest BCUT2D eigenvalue weighted by atomic mass is 10.0. The van der Waals surface area contributed by atoms with Crippen molar-refractivity contribution < 1.29 is 9.53 Å². The molecule has 1 atom stereocenters. The number of tetrazole rings is 1. The van der Waals surface area contributed by atoms with E-state index in [9.17, 15) is 4.79 Å². The van der Waals surface area contributed by atoms with Crippen molar-refractivity contribution >= 4 is 29.1 Å². The molecule has 0 saturated carbocycles. The summed E-state index contributed by atoms with van der Waals surface area (Å²) >= 11 is 12.5. The summed E-state index contributed by atoms with van der Waals surface area (Å²) < 4.78 is 6.89. The van der Waals surface area contributed by atoms with Crippen LogP contribution in [0.2, 0.25) is 10.0 Å². The summed E-state index contributed by atoms with van der Waals surface area (Å²) in [6, 6.07) is 10.7. The van der Waals surface area contributed by atoms with Gasteiger partial charge in [-0.05, 0) is 53.2 Å². The van der Waals surface area contributed by atoms with Crippen LogP contribution in [0.1, 0.15) is 17.3 Å². The number of morpholine rings is 1. The normalized spacial score (nSPS) is 15.6. The fraction of sp³-hybridized carbons (Fsp3) is 0.333. The number of hydrogen-bond acceptors (Lipinski definition) is 6. The molecular formula is C21H22Cl2N6O2. The fourth-order valence-corrected chi connectivity index (χ4v) is 4.07. The van der Waals surface area contributed by atoms with Crippen LogP contribution in [-0.4, -0.2) is 69.9 Å². The molecule has 2 aromatic carbocycles. The van der Waals surface area contributed by atoms with E-state index >= 15 is 0 Å². The van der Waals surface area contributed by atoms with Crippen molar-refractivity contribution in [3.8, 4) is 16.8 Å². The predicted molar refractivity (Wildman–Crippen MR) is 119 cm³/mol. The summed E-state index contributed by atoms with van der Waals surface area (Å²) in [5.74, 6) is -0.179. The number of nitrogens with zero attached hydrogens (tertiary/aromatic N) is 5. The van der Waals surface area contributed by atoms with E-state index in [1.165, 1.54) is 11.0 Å². The van der Waals surface area contributed by atoms with E-state index in [1.54, 1.807) is 24.3 Å². The van der Waals surface area contributed by atoms with Gasteiger partial charge in [-0.1, -0.05) is 29.3 Å². The van der Waals surface area contributed by atoms with Gasteiger partial charge in [-0.2, -0.15) is 0 Å². The summed E-state index contributed by atoms with van der Waals surface area (Å²) in [4.78, 5) is 15.4. The number of ether oxygens (including phenoxy) is 1. The second-order valence-electron chi connectivity index (χ2n) is 7.43. The molecule has 8 nitrogen and oxygen atoms in total. The Labute approximate surface area is 190 Å². The van der Waals surface area contributed by atoms with Crippen LogP contribution < -0.4 is 5.32 Å². The van der Waals surface area contributed by atoms with Gasteiger partial charge in [-0.15, -0.1) is 5.10 Å². The third-order valence-electron chi connectivity index (χ3n) is 5.05. The summed E-state index contributed by atoms with van der Waals surface area (Å²) in [5.41, 5.74) is 2.67. The Bertz CT molecular complexity index is 1050. The lowest BCUT2D eigenvalue weighted by Crippen LogP contribution is -2.46. The second-order valence-corrected chi connectivity index (χ2v) is 8.28. The molecule has 0 spiro atoms. The summed E-state index contributed by atoms with van der Waals surface area (Å²) in [7, 11) is 0. The highest BCUT2D eigenvalue weighted by Crippen LogP contribution is 2.32. The van der Waals surface area contributed by atoms with E-state index in [2.05, 4.69) is 25.7 Å². The van der Waals surface area contributed by atoms with Crippen LogP contribution in [0.5, 0.6) is 0 Å². The van der Waals surface area contributed by atoms with Crippen LogP contribution in [0, 0.1) is 0 Å². The zero-order valence-corrected chi connectivity index (χ0v) is 18.5. The number of carbonyl (C=O) groups is 1. The molecule has 31 heavy (non-hydrogen) atoms. The average Bonchev–Trinajstić information content (AvgIpc) is 3.29. The van der Waals surface area contributed by atoms with Crippen molar-refractivity contribution in [1.82, 2.24) is 30.4 Å². The molecule has 4 rings (SSSR count). The van der Waals surface area contributed by atoms with Gasteiger partial charge in [-0.25, -0.2) is 4.68 Å². The van der Waals surface area contributed by atoms with Gasteiger partial charge in [0.05, 0.1) is 18.9 Å². The molecule has 0 aliphatic carbocycles. The molecule has 1 aliphatic rings. The fourth-order valence-electron chi connectivity index (χ4n) is 3.56. The quantitative estimate of drug-likeness (QED) is 0.608. The molecule has 0 unspecified atom stereocenters. The maximum atomic E-state index is 13.1. The first-order chi connectivity index (χ1) is 15.0. The van der Waals surface area contributed by atoms with Gasteiger partial charge in [0.15, 0.2) is 0 Å². The molecule has 0 bridgehead atoms. The highest BCUT2D eigenvalue weighted by atomic mass is 35.5. The molecule has 1 aromatic heterocycles. The summed E-state index contributed by atoms with van der Waals surface area (Å²) in [6.45, 7) is 5.94. The lowest BCUT2D eigenvalue weighted by Gasteiger charge is -2.29. The first-order valence-corrected chi connectivity index (χ1v) is 10.7. The monoisotopic (exact) mass is 460 g/mol. The number of hydrogen-bond donors (Lipinski definition) is 1. The average molecular weight is 461 g/mol. The van der Waals surface area contributed by atoms with Crippen LogP contribution in [-0.2, 0) is 4.74 Å². The molecule has 10 heteroatoms. The van der Waals surface area contributed by atoms with Crippen molar-refractivity contribution in [2.75, 3.05) is 32.8 Å². The van der Waals surface area contributed by atoms with E-state index < -0.39 is 0 Å². The third kappa shape index (κ3) is 5.40. The Kier molecular flexibility index (Phi) is 6.82. The Morgan fingerprint density at radius 1 is 1.19 bits per heavy atom. The van der Waals surface area contributed by atoms with Gasteiger partial charge in [0.1, 0.15) is 6.33 Å². The Morgan fingerprint density at radius 2 is 2.00 bits per heavy atom. The number of carbonyl (C=O) groups excluding carboxylic acids is 1. The minimum atomic E-state index is -0.179. The number of benzene rings is 2. The highest BCUT2D eigenvalue weighted by molar-refractivity contribution is 6.36. The lowest BCUT2D eigenvalue weighted by molar-refractivity contribution is 0.0342. The zero-order chi connectivity index (χ0) is 21.8. The van der Waals surface area contributed by atoms with Gasteiger partial charge in [0.25, 0.3) is 5.91 Å². The SMILES string of the molecule is C[C@H](CN1CCOCC1)NC(=O)c1cc(-c2ccc(Cl)cc2Cl)cc(-n2cnnn2)c1.